The fourth-order valence-electron chi connectivity index (χ4n) is 10.2. The lowest BCUT2D eigenvalue weighted by Gasteiger charge is -2.33. The van der Waals surface area contributed by atoms with Gasteiger partial charge in [0.25, 0.3) is 0 Å². The number of alkyl carbamates (subject to hydrolysis) is 1. The molecule has 0 unspecified atom stereocenters. The molecule has 3 fully saturated rings. The maximum absolute atomic E-state index is 13.9. The highest BCUT2D eigenvalue weighted by Crippen LogP contribution is 2.48. The first-order chi connectivity index (χ1) is 31.9. The van der Waals surface area contributed by atoms with Crippen molar-refractivity contribution in [2.45, 2.75) is 102 Å². The lowest BCUT2D eigenvalue weighted by molar-refractivity contribution is -0.138. The number of aromatic nitrogens is 5. The van der Waals surface area contributed by atoms with Crippen LogP contribution in [0, 0.1) is 11.8 Å². The number of aromatic amines is 2. The number of likely N-dealkylation sites (tertiary alicyclic amines) is 2. The van der Waals surface area contributed by atoms with Crippen LogP contribution in [-0.4, -0.2) is 130 Å². The number of likely N-dealkylation sites (N-methyl/N-ethyl adjacent to an activating group) is 1. The molecule has 0 bridgehead atoms. The summed E-state index contributed by atoms with van der Waals surface area (Å²) in [7, 11) is 0.643. The number of carbonyl (C=O) groups is 4. The molecule has 19 nitrogen and oxygen atoms in total. The van der Waals surface area contributed by atoms with E-state index < -0.39 is 34.3 Å². The highest BCUT2D eigenvalue weighted by molar-refractivity contribution is 7.92. The molecule has 67 heavy (non-hydrogen) atoms. The average Bonchev–Trinajstić information content (AvgIpc) is 4.15. The Bertz CT molecular complexity index is 2780. The minimum absolute atomic E-state index is 0.119. The zero-order valence-electron chi connectivity index (χ0n) is 39.3. The zero-order chi connectivity index (χ0) is 48.1. The number of carbonyl (C=O) groups excluding carboxylic acids is 3. The van der Waals surface area contributed by atoms with Crippen LogP contribution in [0.25, 0.3) is 22.1 Å². The van der Waals surface area contributed by atoms with Crippen LogP contribution in [0.15, 0.2) is 54.7 Å². The number of H-pyrrole nitrogens is 2. The molecule has 20 heteroatoms. The molecule has 3 aromatic heterocycles. The van der Waals surface area contributed by atoms with Gasteiger partial charge in [-0.05, 0) is 97.9 Å². The number of nitrogens with one attached hydrogen (secondary N) is 3. The summed E-state index contributed by atoms with van der Waals surface area (Å²) in [4.78, 5) is 80.5. The Labute approximate surface area is 390 Å². The third-order valence-corrected chi connectivity index (χ3v) is 14.9. The van der Waals surface area contributed by atoms with Crippen LogP contribution in [0.3, 0.4) is 0 Å². The normalized spacial score (nSPS) is 20.8. The Balaban J connectivity index is 1.10. The molecule has 0 aliphatic carbocycles. The molecule has 0 spiro atoms. The molecule has 5 aromatic rings. The number of pyridine rings is 1. The van der Waals surface area contributed by atoms with Gasteiger partial charge < -0.3 is 39.8 Å². The van der Waals surface area contributed by atoms with Crippen molar-refractivity contribution in [1.29, 1.82) is 0 Å². The largest absolute Gasteiger partial charge is 0.465 e. The van der Waals surface area contributed by atoms with Crippen LogP contribution in [0.1, 0.15) is 113 Å². The lowest BCUT2D eigenvalue weighted by atomic mass is 10.0. The van der Waals surface area contributed by atoms with E-state index in [0.717, 1.165) is 86.4 Å². The molecular formula is C47H61N11O8S. The topological polar surface area (TPSA) is 230 Å². The van der Waals surface area contributed by atoms with Gasteiger partial charge in [-0.15, -0.1) is 0 Å². The van der Waals surface area contributed by atoms with Gasteiger partial charge in [-0.2, -0.15) is 0 Å². The van der Waals surface area contributed by atoms with E-state index >= 15 is 0 Å². The summed E-state index contributed by atoms with van der Waals surface area (Å²) in [5.74, 6) is 0.838. The molecule has 0 radical (unpaired) electrons. The molecule has 2 aromatic carbocycles. The maximum Gasteiger partial charge on any atom is 0.407 e. The third kappa shape index (κ3) is 9.19. The van der Waals surface area contributed by atoms with E-state index in [1.165, 1.54) is 21.2 Å². The SMILES string of the molecule is COC(=O)N[C@H](C(=O)N1CCC[C@H]1c1nc2ccc([C@H]3CC[C@H](c4ccc5nc([C@@H]6CCCN6C(=O)[C@H](C(C)C)N(C)C(=O)O)[nH]c5c4)N3c3ccc(N(C)S(C)(=O)=O)nc3)cc2[nH]1)C(C)C. The molecule has 4 N–H and O–H groups in total. The van der Waals surface area contributed by atoms with Crippen molar-refractivity contribution in [3.63, 3.8) is 0 Å². The number of fused-ring (bicyclic) bond motifs is 2. The van der Waals surface area contributed by atoms with Gasteiger partial charge in [0, 0.05) is 27.2 Å². The first-order valence-corrected chi connectivity index (χ1v) is 24.8. The molecular weight excluding hydrogens is 879 g/mol. The number of nitrogens with zero attached hydrogens (tertiary/aromatic N) is 8. The summed E-state index contributed by atoms with van der Waals surface area (Å²) < 4.78 is 30.8. The van der Waals surface area contributed by atoms with Gasteiger partial charge in [0.05, 0.1) is 71.5 Å². The van der Waals surface area contributed by atoms with Crippen molar-refractivity contribution >= 4 is 67.6 Å². The van der Waals surface area contributed by atoms with Crippen molar-refractivity contribution in [2.24, 2.45) is 11.8 Å². The number of sulfonamides is 1. The first kappa shape index (κ1) is 47.1. The number of methoxy groups -OCH3 is 1. The molecule has 6 heterocycles. The van der Waals surface area contributed by atoms with Crippen molar-refractivity contribution in [3.8, 4) is 0 Å². The quantitative estimate of drug-likeness (QED) is 0.0972. The summed E-state index contributed by atoms with van der Waals surface area (Å²) in [5.41, 5.74) is 6.02. The zero-order valence-corrected chi connectivity index (χ0v) is 40.1. The minimum Gasteiger partial charge on any atom is -0.465 e. The molecule has 8 rings (SSSR count). The minimum atomic E-state index is -3.54. The van der Waals surface area contributed by atoms with E-state index in [9.17, 15) is 32.7 Å². The highest BCUT2D eigenvalue weighted by Gasteiger charge is 2.41. The maximum atomic E-state index is 13.9. The molecule has 3 saturated heterocycles. The second kappa shape index (κ2) is 18.7. The van der Waals surface area contributed by atoms with Crippen LogP contribution in [0.4, 0.5) is 21.1 Å². The van der Waals surface area contributed by atoms with E-state index in [-0.39, 0.29) is 47.8 Å². The van der Waals surface area contributed by atoms with E-state index in [1.807, 2.05) is 45.9 Å². The van der Waals surface area contributed by atoms with Gasteiger partial charge in [0.1, 0.15) is 29.6 Å². The van der Waals surface area contributed by atoms with Crippen molar-refractivity contribution in [1.82, 2.24) is 44.9 Å². The van der Waals surface area contributed by atoms with Crippen LogP contribution in [0.5, 0.6) is 0 Å². The fraction of sp³-hybridized carbons (Fsp3) is 0.511. The van der Waals surface area contributed by atoms with Gasteiger partial charge in [0.15, 0.2) is 0 Å². The monoisotopic (exact) mass is 939 g/mol. The summed E-state index contributed by atoms with van der Waals surface area (Å²) in [6, 6.07) is 13.5. The Hall–Kier alpha value is -6.44. The highest BCUT2D eigenvalue weighted by atomic mass is 32.2. The van der Waals surface area contributed by atoms with E-state index in [0.29, 0.717) is 37.0 Å². The van der Waals surface area contributed by atoms with Gasteiger partial charge >= 0.3 is 12.2 Å². The lowest BCUT2D eigenvalue weighted by Crippen LogP contribution is -2.51. The molecule has 6 atom stereocenters. The molecule has 358 valence electrons. The van der Waals surface area contributed by atoms with E-state index in [4.69, 9.17) is 14.7 Å². The Morgan fingerprint density at radius 3 is 1.76 bits per heavy atom. The molecule has 3 aliphatic heterocycles. The molecule has 0 saturated carbocycles. The van der Waals surface area contributed by atoms with Gasteiger partial charge in [0.2, 0.25) is 21.8 Å². The predicted octanol–water partition coefficient (Wildman–Crippen LogP) is 6.65. The molecule has 4 amide bonds. The fourth-order valence-corrected chi connectivity index (χ4v) is 10.7. The number of amides is 4. The Morgan fingerprint density at radius 1 is 0.776 bits per heavy atom. The molecule has 3 aliphatic rings. The van der Waals surface area contributed by atoms with Crippen LogP contribution in [-0.2, 0) is 24.3 Å². The summed E-state index contributed by atoms with van der Waals surface area (Å²) in [6.07, 6.45) is 5.59. The van der Waals surface area contributed by atoms with Crippen molar-refractivity contribution < 1.29 is 37.4 Å². The second-order valence-corrected chi connectivity index (χ2v) is 20.8. The first-order valence-electron chi connectivity index (χ1n) is 22.9. The van der Waals surface area contributed by atoms with Gasteiger partial charge in [-0.1, -0.05) is 39.8 Å². The number of ether oxygens (including phenoxy) is 1. The van der Waals surface area contributed by atoms with E-state index in [2.05, 4.69) is 49.4 Å². The second-order valence-electron chi connectivity index (χ2n) is 18.7. The van der Waals surface area contributed by atoms with Crippen molar-refractivity contribution in [2.75, 3.05) is 49.8 Å². The van der Waals surface area contributed by atoms with Gasteiger partial charge in [-0.25, -0.2) is 33.0 Å². The predicted molar refractivity (Wildman–Crippen MR) is 253 cm³/mol. The summed E-state index contributed by atoms with van der Waals surface area (Å²) in [5, 5.41) is 12.5. The Kier molecular flexibility index (Phi) is 13.1. The van der Waals surface area contributed by atoms with Crippen molar-refractivity contribution in [3.05, 3.63) is 77.5 Å². The van der Waals surface area contributed by atoms with Gasteiger partial charge in [-0.3, -0.25) is 18.8 Å². The van der Waals surface area contributed by atoms with E-state index in [1.54, 1.807) is 22.1 Å². The Morgan fingerprint density at radius 2 is 1.31 bits per heavy atom. The number of hydrogen-bond donors (Lipinski definition) is 4. The number of rotatable bonds is 13. The number of benzene rings is 2. The average molecular weight is 940 g/mol. The summed E-state index contributed by atoms with van der Waals surface area (Å²) >= 11 is 0. The number of carboxylic acid groups (broad SMARTS) is 1. The number of hydrogen-bond acceptors (Lipinski definition) is 11. The van der Waals surface area contributed by atoms with Crippen LogP contribution >= 0.6 is 0 Å². The van der Waals surface area contributed by atoms with Crippen LogP contribution < -0.4 is 14.5 Å². The smallest absolute Gasteiger partial charge is 0.407 e. The number of anilines is 2. The summed E-state index contributed by atoms with van der Waals surface area (Å²) in [6.45, 7) is 8.52. The number of imidazole rings is 2. The van der Waals surface area contributed by atoms with Crippen LogP contribution in [0.2, 0.25) is 0 Å². The third-order valence-electron chi connectivity index (χ3n) is 13.8. The standard InChI is InChI=1S/C47H61N11O8S/c1-26(2)40(53-46(61)66-7)44(59)56-21-9-11-37(56)42-49-31-16-13-28(23-33(31)51-42)35-18-19-36(58(35)30-15-20-39(48-25-30)55(6)67(8,64)65)29-14-17-32-34(24-29)52-43(50-32)38-12-10-22-57(38)45(60)41(27(3)4)54(5)47(62)63/h13-17,20,23-27,35-38,40-41H,9-12,18-19,21-22H2,1-8H3,(H,49,51)(H,50,52)(H,53,61)(H,62,63)/t35-,36-,37+,38+,40+,41+/m1/s1.